The lowest BCUT2D eigenvalue weighted by molar-refractivity contribution is -0.0261. The van der Waals surface area contributed by atoms with Crippen LogP contribution in [0.1, 0.15) is 32.1 Å². The van der Waals surface area contributed by atoms with Crippen LogP contribution in [-0.4, -0.2) is 44.3 Å². The molecule has 0 unspecified atom stereocenters. The van der Waals surface area contributed by atoms with Gasteiger partial charge in [-0.05, 0) is 51.9 Å². The third-order valence-electron chi connectivity index (χ3n) is 4.02. The number of likely N-dealkylation sites (N-methyl/N-ethyl adjacent to an activating group) is 1. The van der Waals surface area contributed by atoms with E-state index in [1.807, 2.05) is 32.3 Å². The van der Waals surface area contributed by atoms with Gasteiger partial charge in [0, 0.05) is 6.54 Å². The zero-order valence-electron chi connectivity index (χ0n) is 14.1. The molecule has 0 aliphatic heterocycles. The van der Waals surface area contributed by atoms with E-state index in [1.165, 1.54) is 6.42 Å². The summed E-state index contributed by atoms with van der Waals surface area (Å²) in [7, 11) is 5.61. The first-order chi connectivity index (χ1) is 10.5. The summed E-state index contributed by atoms with van der Waals surface area (Å²) in [6, 6.07) is 7.34. The number of anilines is 1. The Morgan fingerprint density at radius 3 is 2.48 bits per heavy atom. The fraction of sp³-hybridized carbons (Fsp3) is 0.588. The molecule has 5 nitrogen and oxygen atoms in total. The Hall–Kier alpha value is -1.46. The minimum atomic E-state index is -0.409. The molecule has 1 aromatic rings. The highest BCUT2D eigenvalue weighted by Crippen LogP contribution is 2.33. The maximum atomic E-state index is 12.3. The zero-order chi connectivity index (χ0) is 16.0. The van der Waals surface area contributed by atoms with Crippen molar-refractivity contribution in [2.24, 2.45) is 0 Å². The van der Waals surface area contributed by atoms with Gasteiger partial charge in [-0.15, -0.1) is 12.4 Å². The molecule has 1 aromatic carbocycles. The summed E-state index contributed by atoms with van der Waals surface area (Å²) >= 11 is 0. The SMILES string of the molecule is COc1ccccc1NC(=O)OC1(CN(C)C)CCCCC1.Cl. The van der Waals surface area contributed by atoms with Crippen LogP contribution in [0.2, 0.25) is 0 Å². The predicted molar refractivity (Wildman–Crippen MR) is 94.7 cm³/mol. The smallest absolute Gasteiger partial charge is 0.412 e. The van der Waals surface area contributed by atoms with E-state index in [1.54, 1.807) is 13.2 Å². The summed E-state index contributed by atoms with van der Waals surface area (Å²) in [4.78, 5) is 14.4. The zero-order valence-corrected chi connectivity index (χ0v) is 14.9. The minimum Gasteiger partial charge on any atom is -0.495 e. The average molecular weight is 343 g/mol. The molecule has 23 heavy (non-hydrogen) atoms. The van der Waals surface area contributed by atoms with Crippen molar-refractivity contribution < 1.29 is 14.3 Å². The molecule has 1 saturated carbocycles. The number of hydrogen-bond donors (Lipinski definition) is 1. The first-order valence-corrected chi connectivity index (χ1v) is 7.82. The van der Waals surface area contributed by atoms with Crippen LogP contribution >= 0.6 is 12.4 Å². The van der Waals surface area contributed by atoms with Gasteiger partial charge in [-0.3, -0.25) is 5.32 Å². The molecule has 0 atom stereocenters. The van der Waals surface area contributed by atoms with Crippen molar-refractivity contribution >= 4 is 24.2 Å². The Morgan fingerprint density at radius 1 is 1.22 bits per heavy atom. The maximum Gasteiger partial charge on any atom is 0.412 e. The van der Waals surface area contributed by atoms with E-state index in [9.17, 15) is 4.79 Å². The van der Waals surface area contributed by atoms with Crippen molar-refractivity contribution in [1.29, 1.82) is 0 Å². The second-order valence-corrected chi connectivity index (χ2v) is 6.20. The standard InChI is InChI=1S/C17H26N2O3.ClH/c1-19(2)13-17(11-7-4-8-12-17)22-16(20)18-14-9-5-6-10-15(14)21-3;/h5-6,9-10H,4,7-8,11-13H2,1-3H3,(H,18,20);1H. The second-order valence-electron chi connectivity index (χ2n) is 6.20. The average Bonchev–Trinajstić information content (AvgIpc) is 2.47. The first-order valence-electron chi connectivity index (χ1n) is 7.82. The molecule has 1 aliphatic rings. The van der Waals surface area contributed by atoms with Gasteiger partial charge < -0.3 is 14.4 Å². The van der Waals surface area contributed by atoms with Crippen molar-refractivity contribution in [2.75, 3.05) is 33.1 Å². The molecule has 6 heteroatoms. The van der Waals surface area contributed by atoms with Gasteiger partial charge in [-0.1, -0.05) is 18.6 Å². The van der Waals surface area contributed by atoms with Gasteiger partial charge in [0.15, 0.2) is 0 Å². The van der Waals surface area contributed by atoms with Crippen LogP contribution in [0.15, 0.2) is 24.3 Å². The summed E-state index contributed by atoms with van der Waals surface area (Å²) in [5, 5.41) is 2.80. The highest BCUT2D eigenvalue weighted by molar-refractivity contribution is 5.87. The van der Waals surface area contributed by atoms with E-state index in [0.29, 0.717) is 11.4 Å². The van der Waals surface area contributed by atoms with Crippen LogP contribution in [-0.2, 0) is 4.74 Å². The van der Waals surface area contributed by atoms with Gasteiger partial charge in [0.25, 0.3) is 0 Å². The molecule has 0 bridgehead atoms. The molecular weight excluding hydrogens is 316 g/mol. The number of rotatable bonds is 5. The number of benzene rings is 1. The molecule has 130 valence electrons. The molecule has 0 spiro atoms. The summed E-state index contributed by atoms with van der Waals surface area (Å²) < 4.78 is 11.1. The number of carbonyl (C=O) groups excluding carboxylic acids is 1. The van der Waals surface area contributed by atoms with Crippen molar-refractivity contribution in [3.8, 4) is 5.75 Å². The van der Waals surface area contributed by atoms with E-state index in [0.717, 1.165) is 32.2 Å². The minimum absolute atomic E-state index is 0. The van der Waals surface area contributed by atoms with Gasteiger partial charge in [-0.25, -0.2) is 4.79 Å². The number of para-hydroxylation sites is 2. The van der Waals surface area contributed by atoms with E-state index in [4.69, 9.17) is 9.47 Å². The Balaban J connectivity index is 0.00000264. The molecule has 1 N–H and O–H groups in total. The Labute approximate surface area is 144 Å². The number of amides is 1. The van der Waals surface area contributed by atoms with Crippen LogP contribution in [0, 0.1) is 0 Å². The maximum absolute atomic E-state index is 12.3. The lowest BCUT2D eigenvalue weighted by atomic mass is 9.84. The third kappa shape index (κ3) is 5.59. The fourth-order valence-corrected chi connectivity index (χ4v) is 3.14. The van der Waals surface area contributed by atoms with Crippen molar-refractivity contribution in [3.05, 3.63) is 24.3 Å². The monoisotopic (exact) mass is 342 g/mol. The highest BCUT2D eigenvalue weighted by Gasteiger charge is 2.36. The Morgan fingerprint density at radius 2 is 1.87 bits per heavy atom. The number of hydrogen-bond acceptors (Lipinski definition) is 4. The number of ether oxygens (including phenoxy) is 2. The van der Waals surface area contributed by atoms with Crippen molar-refractivity contribution in [3.63, 3.8) is 0 Å². The number of carbonyl (C=O) groups is 1. The van der Waals surface area contributed by atoms with Crippen LogP contribution in [0.4, 0.5) is 10.5 Å². The van der Waals surface area contributed by atoms with Crippen LogP contribution < -0.4 is 10.1 Å². The van der Waals surface area contributed by atoms with Gasteiger partial charge in [-0.2, -0.15) is 0 Å². The predicted octanol–water partition coefficient (Wildman–Crippen LogP) is 3.93. The second kappa shape index (κ2) is 8.99. The lowest BCUT2D eigenvalue weighted by Gasteiger charge is -2.38. The molecule has 0 heterocycles. The normalized spacial score (nSPS) is 16.3. The highest BCUT2D eigenvalue weighted by atomic mass is 35.5. The third-order valence-corrected chi connectivity index (χ3v) is 4.02. The molecule has 2 rings (SSSR count). The number of halogens is 1. The number of nitrogens with one attached hydrogen (secondary N) is 1. The van der Waals surface area contributed by atoms with Gasteiger partial charge >= 0.3 is 6.09 Å². The van der Waals surface area contributed by atoms with Crippen LogP contribution in [0.3, 0.4) is 0 Å². The van der Waals surface area contributed by atoms with Gasteiger partial charge in [0.05, 0.1) is 12.8 Å². The van der Waals surface area contributed by atoms with E-state index < -0.39 is 6.09 Å². The van der Waals surface area contributed by atoms with E-state index >= 15 is 0 Å². The van der Waals surface area contributed by atoms with Crippen molar-refractivity contribution in [2.45, 2.75) is 37.7 Å². The molecule has 1 aliphatic carbocycles. The molecule has 0 saturated heterocycles. The molecule has 0 radical (unpaired) electrons. The Kier molecular flexibility index (Phi) is 7.65. The summed E-state index contributed by atoms with van der Waals surface area (Å²) in [5.74, 6) is 0.629. The molecule has 0 aromatic heterocycles. The Bertz CT molecular complexity index is 502. The molecule has 1 amide bonds. The quantitative estimate of drug-likeness (QED) is 0.880. The topological polar surface area (TPSA) is 50.8 Å². The largest absolute Gasteiger partial charge is 0.495 e. The van der Waals surface area contributed by atoms with Crippen LogP contribution in [0.25, 0.3) is 0 Å². The van der Waals surface area contributed by atoms with Crippen LogP contribution in [0.5, 0.6) is 5.75 Å². The number of methoxy groups -OCH3 is 1. The lowest BCUT2D eigenvalue weighted by Crippen LogP contribution is -2.46. The van der Waals surface area contributed by atoms with E-state index in [-0.39, 0.29) is 18.0 Å². The van der Waals surface area contributed by atoms with E-state index in [2.05, 4.69) is 10.2 Å². The summed E-state index contributed by atoms with van der Waals surface area (Å²) in [6.07, 6.45) is 4.86. The fourth-order valence-electron chi connectivity index (χ4n) is 3.14. The summed E-state index contributed by atoms with van der Waals surface area (Å²) in [5.41, 5.74) is 0.249. The summed E-state index contributed by atoms with van der Waals surface area (Å²) in [6.45, 7) is 0.756. The molecule has 1 fully saturated rings. The number of nitrogens with zero attached hydrogens (tertiary/aromatic N) is 1. The van der Waals surface area contributed by atoms with Crippen molar-refractivity contribution in [1.82, 2.24) is 4.90 Å². The molecular formula is C17H27ClN2O3. The van der Waals surface area contributed by atoms with Gasteiger partial charge in [0.2, 0.25) is 0 Å². The first kappa shape index (κ1) is 19.6. The van der Waals surface area contributed by atoms with Gasteiger partial charge in [0.1, 0.15) is 11.4 Å².